The first-order chi connectivity index (χ1) is 8.11. The van der Waals surface area contributed by atoms with Crippen molar-refractivity contribution in [3.8, 4) is 5.75 Å². The lowest BCUT2D eigenvalue weighted by atomic mass is 9.81. The van der Waals surface area contributed by atoms with Crippen molar-refractivity contribution >= 4 is 11.6 Å². The molecule has 2 unspecified atom stereocenters. The Bertz CT molecular complexity index is 400. The standard InChI is InChI=1S/C15H21ClO/c1-10-7-11(2)15(14(8-10)17-3)12-5-4-6-13(16)9-12/h7-8,12-13H,4-6,9H2,1-3H3. The Kier molecular flexibility index (Phi) is 3.98. The number of ether oxygens (including phenoxy) is 1. The van der Waals surface area contributed by atoms with Crippen molar-refractivity contribution in [3.05, 3.63) is 28.8 Å². The van der Waals surface area contributed by atoms with E-state index in [1.54, 1.807) is 7.11 Å². The highest BCUT2D eigenvalue weighted by atomic mass is 35.5. The van der Waals surface area contributed by atoms with Crippen LogP contribution in [-0.4, -0.2) is 12.5 Å². The van der Waals surface area contributed by atoms with Crippen molar-refractivity contribution in [2.45, 2.75) is 50.8 Å². The zero-order chi connectivity index (χ0) is 12.4. The number of benzene rings is 1. The van der Waals surface area contributed by atoms with Gasteiger partial charge in [-0.1, -0.05) is 12.5 Å². The molecule has 1 aromatic rings. The number of alkyl halides is 1. The molecule has 0 aliphatic heterocycles. The van der Waals surface area contributed by atoms with Crippen molar-refractivity contribution in [2.24, 2.45) is 0 Å². The van der Waals surface area contributed by atoms with E-state index in [2.05, 4.69) is 26.0 Å². The predicted molar refractivity (Wildman–Crippen MR) is 73.3 cm³/mol. The molecule has 1 saturated carbocycles. The molecule has 0 spiro atoms. The summed E-state index contributed by atoms with van der Waals surface area (Å²) in [5.74, 6) is 1.61. The first kappa shape index (κ1) is 12.8. The molecule has 2 atom stereocenters. The van der Waals surface area contributed by atoms with Gasteiger partial charge in [-0.15, -0.1) is 11.6 Å². The van der Waals surface area contributed by atoms with Crippen LogP contribution in [0.1, 0.15) is 48.3 Å². The van der Waals surface area contributed by atoms with Crippen LogP contribution in [0, 0.1) is 13.8 Å². The summed E-state index contributed by atoms with van der Waals surface area (Å²) in [4.78, 5) is 0. The van der Waals surface area contributed by atoms with Gasteiger partial charge in [0.1, 0.15) is 5.75 Å². The van der Waals surface area contributed by atoms with Gasteiger partial charge < -0.3 is 4.74 Å². The number of aryl methyl sites for hydroxylation is 2. The molecule has 0 heterocycles. The average Bonchev–Trinajstić information content (AvgIpc) is 2.27. The van der Waals surface area contributed by atoms with Crippen LogP contribution in [-0.2, 0) is 0 Å². The van der Waals surface area contributed by atoms with Gasteiger partial charge in [0, 0.05) is 10.9 Å². The fourth-order valence-electron chi connectivity index (χ4n) is 3.02. The quantitative estimate of drug-likeness (QED) is 0.701. The minimum absolute atomic E-state index is 0.333. The van der Waals surface area contributed by atoms with Gasteiger partial charge in [0.05, 0.1) is 7.11 Å². The second kappa shape index (κ2) is 5.30. The average molecular weight is 253 g/mol. The summed E-state index contributed by atoms with van der Waals surface area (Å²) in [6, 6.07) is 4.38. The molecule has 2 heteroatoms. The van der Waals surface area contributed by atoms with E-state index in [9.17, 15) is 0 Å². The van der Waals surface area contributed by atoms with Crippen LogP contribution in [0.25, 0.3) is 0 Å². The highest BCUT2D eigenvalue weighted by Gasteiger charge is 2.25. The first-order valence-electron chi connectivity index (χ1n) is 6.41. The van der Waals surface area contributed by atoms with Crippen molar-refractivity contribution in [1.29, 1.82) is 0 Å². The molecule has 1 aromatic carbocycles. The third kappa shape index (κ3) is 2.77. The summed E-state index contributed by atoms with van der Waals surface area (Å²) in [5, 5.41) is 0.333. The van der Waals surface area contributed by atoms with E-state index >= 15 is 0 Å². The first-order valence-corrected chi connectivity index (χ1v) is 6.84. The largest absolute Gasteiger partial charge is 0.496 e. The number of halogens is 1. The fraction of sp³-hybridized carbons (Fsp3) is 0.600. The molecule has 94 valence electrons. The highest BCUT2D eigenvalue weighted by molar-refractivity contribution is 6.20. The number of methoxy groups -OCH3 is 1. The van der Waals surface area contributed by atoms with Crippen molar-refractivity contribution in [2.75, 3.05) is 7.11 Å². The number of hydrogen-bond acceptors (Lipinski definition) is 1. The summed E-state index contributed by atoms with van der Waals surface area (Å²) in [7, 11) is 1.76. The molecule has 0 aromatic heterocycles. The van der Waals surface area contributed by atoms with E-state index in [-0.39, 0.29) is 0 Å². The molecule has 1 fully saturated rings. The van der Waals surface area contributed by atoms with E-state index < -0.39 is 0 Å². The van der Waals surface area contributed by atoms with E-state index in [1.807, 2.05) is 0 Å². The molecule has 17 heavy (non-hydrogen) atoms. The van der Waals surface area contributed by atoms with Gasteiger partial charge in [-0.3, -0.25) is 0 Å². The van der Waals surface area contributed by atoms with E-state index in [0.29, 0.717) is 11.3 Å². The smallest absolute Gasteiger partial charge is 0.122 e. The van der Waals surface area contributed by atoms with Crippen LogP contribution >= 0.6 is 11.6 Å². The van der Waals surface area contributed by atoms with Crippen LogP contribution in [0.4, 0.5) is 0 Å². The Hall–Kier alpha value is -0.690. The lowest BCUT2D eigenvalue weighted by Crippen LogP contribution is -2.15. The van der Waals surface area contributed by atoms with Crippen LogP contribution in [0.3, 0.4) is 0 Å². The van der Waals surface area contributed by atoms with Crippen molar-refractivity contribution < 1.29 is 4.74 Å². The maximum atomic E-state index is 6.30. The van der Waals surface area contributed by atoms with Crippen LogP contribution < -0.4 is 4.74 Å². The van der Waals surface area contributed by atoms with Crippen molar-refractivity contribution in [1.82, 2.24) is 0 Å². The van der Waals surface area contributed by atoms with Gasteiger partial charge in [0.2, 0.25) is 0 Å². The Labute approximate surface area is 109 Å². The van der Waals surface area contributed by atoms with E-state index in [0.717, 1.165) is 18.6 Å². The second-order valence-corrected chi connectivity index (χ2v) is 5.78. The molecule has 1 aliphatic rings. The fourth-order valence-corrected chi connectivity index (χ4v) is 3.39. The number of rotatable bonds is 2. The summed E-state index contributed by atoms with van der Waals surface area (Å²) in [6.07, 6.45) is 4.71. The Morgan fingerprint density at radius 1 is 1.24 bits per heavy atom. The molecular formula is C15H21ClO. The molecule has 1 aliphatic carbocycles. The Balaban J connectivity index is 2.36. The molecular weight excluding hydrogens is 232 g/mol. The van der Waals surface area contributed by atoms with Crippen LogP contribution in [0.5, 0.6) is 5.75 Å². The second-order valence-electron chi connectivity index (χ2n) is 5.16. The minimum atomic E-state index is 0.333. The maximum absolute atomic E-state index is 6.30. The van der Waals surface area contributed by atoms with Gasteiger partial charge >= 0.3 is 0 Å². The third-order valence-corrected chi connectivity index (χ3v) is 4.13. The zero-order valence-corrected chi connectivity index (χ0v) is 11.7. The lowest BCUT2D eigenvalue weighted by Gasteiger charge is -2.28. The Morgan fingerprint density at radius 2 is 2.00 bits per heavy atom. The molecule has 0 amide bonds. The van der Waals surface area contributed by atoms with Crippen molar-refractivity contribution in [3.63, 3.8) is 0 Å². The van der Waals surface area contributed by atoms with Crippen LogP contribution in [0.15, 0.2) is 12.1 Å². The molecule has 2 rings (SSSR count). The topological polar surface area (TPSA) is 9.23 Å². The molecule has 0 bridgehead atoms. The summed E-state index contributed by atoms with van der Waals surface area (Å²) in [5.41, 5.74) is 3.99. The molecule has 0 radical (unpaired) electrons. The number of hydrogen-bond donors (Lipinski definition) is 0. The van der Waals surface area contributed by atoms with Gasteiger partial charge in [0.15, 0.2) is 0 Å². The summed E-state index contributed by atoms with van der Waals surface area (Å²) in [6.45, 7) is 4.30. The summed E-state index contributed by atoms with van der Waals surface area (Å²) < 4.78 is 5.55. The summed E-state index contributed by atoms with van der Waals surface area (Å²) >= 11 is 6.30. The van der Waals surface area contributed by atoms with Gasteiger partial charge in [-0.25, -0.2) is 0 Å². The molecule has 0 saturated heterocycles. The van der Waals surface area contributed by atoms with Crippen LogP contribution in [0.2, 0.25) is 0 Å². The third-order valence-electron chi connectivity index (χ3n) is 3.73. The van der Waals surface area contributed by atoms with Gasteiger partial charge in [-0.2, -0.15) is 0 Å². The molecule has 1 nitrogen and oxygen atoms in total. The predicted octanol–water partition coefficient (Wildman–Crippen LogP) is 4.58. The highest BCUT2D eigenvalue weighted by Crippen LogP contribution is 2.41. The normalized spacial score (nSPS) is 24.7. The maximum Gasteiger partial charge on any atom is 0.122 e. The lowest BCUT2D eigenvalue weighted by molar-refractivity contribution is 0.387. The zero-order valence-electron chi connectivity index (χ0n) is 10.9. The van der Waals surface area contributed by atoms with Gasteiger partial charge in [-0.05, 0) is 56.2 Å². The SMILES string of the molecule is COc1cc(C)cc(C)c1C1CCCC(Cl)C1. The van der Waals surface area contributed by atoms with E-state index in [1.165, 1.54) is 29.5 Å². The van der Waals surface area contributed by atoms with Gasteiger partial charge in [0.25, 0.3) is 0 Å². The molecule has 0 N–H and O–H groups in total. The Morgan fingerprint density at radius 3 is 2.65 bits per heavy atom. The minimum Gasteiger partial charge on any atom is -0.496 e. The van der Waals surface area contributed by atoms with E-state index in [4.69, 9.17) is 16.3 Å². The monoisotopic (exact) mass is 252 g/mol.